The maximum Gasteiger partial charge on any atom is 0.319 e. The van der Waals surface area contributed by atoms with Crippen LogP contribution < -0.4 is 25.2 Å². The number of aliphatic hydroxyl groups excluding tert-OH is 1. The van der Waals surface area contributed by atoms with E-state index < -0.39 is 29.7 Å². The number of phenolic OH excluding ortho intramolecular Hbond substituents is 1. The van der Waals surface area contributed by atoms with E-state index in [0.717, 1.165) is 80.0 Å². The molecule has 9 heterocycles. The molecule has 0 spiro atoms. The number of β-amino-alcohol motifs (C(OH)–C–C–N with tert-alkyl or cyclic N) is 1. The summed E-state index contributed by atoms with van der Waals surface area (Å²) in [5.41, 5.74) is 4.79. The third-order valence-electron chi connectivity index (χ3n) is 17.3. The molecule has 20 heteroatoms. The van der Waals surface area contributed by atoms with Gasteiger partial charge in [0.1, 0.15) is 47.2 Å². The molecule has 4 aromatic heterocycles. The quantitative estimate of drug-likeness (QED) is 0.0673. The van der Waals surface area contributed by atoms with Gasteiger partial charge in [-0.25, -0.2) is 13.8 Å². The van der Waals surface area contributed by atoms with E-state index in [4.69, 9.17) is 20.7 Å². The second-order valence-corrected chi connectivity index (χ2v) is 24.0. The van der Waals surface area contributed by atoms with Crippen molar-refractivity contribution in [2.75, 3.05) is 68.8 Å². The number of thiazole rings is 1. The lowest BCUT2D eigenvalue weighted by molar-refractivity contribution is -0.141. The summed E-state index contributed by atoms with van der Waals surface area (Å²) in [6, 6.07) is 14.9. The number of aromatic hydroxyl groups is 1. The van der Waals surface area contributed by atoms with E-state index in [1.807, 2.05) is 63.5 Å². The van der Waals surface area contributed by atoms with E-state index in [1.165, 1.54) is 29.2 Å². The number of aromatic nitrogens is 5. The van der Waals surface area contributed by atoms with Crippen LogP contribution in [-0.4, -0.2) is 140 Å². The number of nitrogens with one attached hydrogen (secondary N) is 2. The minimum absolute atomic E-state index is 0.0117. The summed E-state index contributed by atoms with van der Waals surface area (Å²) < 4.78 is 44.3. The second kappa shape index (κ2) is 22.6. The molecular weight excluding hydrogens is 1050 g/mol. The molecule has 0 radical (unpaired) electrons. The Morgan fingerprint density at radius 1 is 0.951 bits per heavy atom. The number of carbonyl (C=O) groups is 2. The largest absolute Gasteiger partial charge is 0.508 e. The molecule has 4 N–H and O–H groups in total. The summed E-state index contributed by atoms with van der Waals surface area (Å²) in [4.78, 5) is 56.0. The van der Waals surface area contributed by atoms with Crippen molar-refractivity contribution >= 4 is 56.5 Å². The topological polar surface area (TPSA) is 198 Å². The Balaban J connectivity index is 0.644. The Morgan fingerprint density at radius 2 is 1.72 bits per heavy atom. The summed E-state index contributed by atoms with van der Waals surface area (Å²) in [6.07, 6.45) is 11.9. The van der Waals surface area contributed by atoms with Gasteiger partial charge in [0, 0.05) is 81.0 Å². The SMILES string of the molecule is C#Cc1c(F)ccc2cc(O)cc(-c3ncc4c(N5CC6CCC(C5)N6)nc(OCCN5CCC(CC6CN(c7cc([C@@H](C(=O)N8C[C@H](O)C[C@H]8C(=O)N[C@@H](C)c8ccc(-c9scnc9C)cc8)C(C)C)on7)C6)CC5)nc4c3F)c12. The van der Waals surface area contributed by atoms with Crippen molar-refractivity contribution in [3.05, 3.63) is 101 Å². The molecule has 5 fully saturated rings. The van der Waals surface area contributed by atoms with Gasteiger partial charge in [-0.05, 0) is 112 Å². The number of nitrogens with zero attached hydrogens (tertiary/aromatic N) is 9. The summed E-state index contributed by atoms with van der Waals surface area (Å²) in [6.45, 7) is 13.7. The highest BCUT2D eigenvalue weighted by Gasteiger charge is 2.44. The lowest BCUT2D eigenvalue weighted by Gasteiger charge is -2.42. The molecule has 422 valence electrons. The molecule has 5 aliphatic rings. The van der Waals surface area contributed by atoms with E-state index in [9.17, 15) is 19.8 Å². The third-order valence-corrected chi connectivity index (χ3v) is 18.3. The first-order valence-corrected chi connectivity index (χ1v) is 29.2. The second-order valence-electron chi connectivity index (χ2n) is 23.2. The fraction of sp³-hybridized carbons (Fsp3) is 0.459. The van der Waals surface area contributed by atoms with E-state index in [0.29, 0.717) is 66.2 Å². The van der Waals surface area contributed by atoms with Gasteiger partial charge in [-0.3, -0.25) is 19.5 Å². The molecule has 81 heavy (non-hydrogen) atoms. The zero-order valence-corrected chi connectivity index (χ0v) is 46.8. The molecule has 5 saturated heterocycles. The van der Waals surface area contributed by atoms with Gasteiger partial charge >= 0.3 is 6.01 Å². The molecule has 2 amide bonds. The van der Waals surface area contributed by atoms with Crippen LogP contribution in [0.5, 0.6) is 11.8 Å². The Morgan fingerprint density at radius 3 is 2.43 bits per heavy atom. The van der Waals surface area contributed by atoms with E-state index >= 15 is 8.78 Å². The summed E-state index contributed by atoms with van der Waals surface area (Å²) in [5.74, 6) is 2.19. The van der Waals surface area contributed by atoms with Crippen molar-refractivity contribution in [3.63, 3.8) is 0 Å². The zero-order chi connectivity index (χ0) is 56.2. The molecule has 6 atom stereocenters. The number of hydrogen-bond donors (Lipinski definition) is 4. The van der Waals surface area contributed by atoms with Crippen LogP contribution in [-0.2, 0) is 9.59 Å². The Kier molecular flexibility index (Phi) is 15.1. The number of ether oxygens (including phenoxy) is 1. The molecule has 0 aliphatic carbocycles. The van der Waals surface area contributed by atoms with E-state index in [-0.39, 0.29) is 88.3 Å². The number of likely N-dealkylation sites (tertiary alicyclic amines) is 2. The standard InChI is InChI=1S/C61H67F2N11O6S/c1-6-45-48(62)14-11-40-22-43(75)23-46(53(40)45)55-54(63)56-47(26-64-55)58(73-29-41-12-13-42(30-73)67-41)69-61(68-56)79-20-19-71-17-15-36(16-18-71)21-37-27-72(28-37)51-25-50(80-70-51)52(33(2)3)60(78)74-31-44(76)24-49(74)59(77)66-34(4)38-7-9-39(10-8-38)57-35(5)65-32-81-57/h1,7-11,14,22-23,25-26,32-34,36-37,41-42,44,49,52,67,75-76H,12-13,15-21,24,27-31H2,2-5H3,(H,66,77)/t34-,41?,42?,44+,49-,52-/m0/s1. The van der Waals surface area contributed by atoms with Crippen LogP contribution in [0.1, 0.15) is 93.8 Å². The number of hydrogen-bond acceptors (Lipinski definition) is 16. The van der Waals surface area contributed by atoms with Crippen LogP contribution >= 0.6 is 11.3 Å². The van der Waals surface area contributed by atoms with Gasteiger partial charge in [0.25, 0.3) is 0 Å². The Bertz CT molecular complexity index is 3530. The van der Waals surface area contributed by atoms with Gasteiger partial charge < -0.3 is 44.8 Å². The van der Waals surface area contributed by atoms with Crippen molar-refractivity contribution in [2.24, 2.45) is 17.8 Å². The lowest BCUT2D eigenvalue weighted by atomic mass is 9.83. The van der Waals surface area contributed by atoms with Crippen molar-refractivity contribution in [1.29, 1.82) is 0 Å². The van der Waals surface area contributed by atoms with Gasteiger partial charge in [0.05, 0.1) is 39.2 Å². The fourth-order valence-electron chi connectivity index (χ4n) is 13.0. The van der Waals surface area contributed by atoms with Crippen LogP contribution in [0.4, 0.5) is 20.4 Å². The van der Waals surface area contributed by atoms with Crippen LogP contribution in [0.25, 0.3) is 43.4 Å². The number of piperidine rings is 1. The molecule has 12 rings (SSSR count). The minimum Gasteiger partial charge on any atom is -0.508 e. The number of carbonyl (C=O) groups excluding carboxylic acids is 2. The van der Waals surface area contributed by atoms with Crippen LogP contribution in [0, 0.1) is 48.7 Å². The highest BCUT2D eigenvalue weighted by Crippen LogP contribution is 2.41. The lowest BCUT2D eigenvalue weighted by Crippen LogP contribution is -2.51. The number of benzene rings is 3. The highest BCUT2D eigenvalue weighted by atomic mass is 32.1. The van der Waals surface area contributed by atoms with Crippen molar-refractivity contribution in [3.8, 4) is 45.8 Å². The van der Waals surface area contributed by atoms with Gasteiger partial charge in [0.15, 0.2) is 17.4 Å². The van der Waals surface area contributed by atoms with Crippen molar-refractivity contribution < 1.29 is 37.8 Å². The molecule has 3 aromatic carbocycles. The van der Waals surface area contributed by atoms with E-state index in [2.05, 4.69) is 51.4 Å². The van der Waals surface area contributed by atoms with Crippen molar-refractivity contribution in [1.82, 2.24) is 45.5 Å². The average Bonchev–Trinajstić information content (AvgIpc) is 4.36. The van der Waals surface area contributed by atoms with Gasteiger partial charge in [-0.1, -0.05) is 55.3 Å². The summed E-state index contributed by atoms with van der Waals surface area (Å²) >= 11 is 1.59. The number of piperazine rings is 1. The molecular formula is C61H67F2N11O6S. The minimum atomic E-state index is -0.827. The number of terminal acetylenes is 1. The average molecular weight is 1120 g/mol. The Hall–Kier alpha value is -7.31. The van der Waals surface area contributed by atoms with E-state index in [1.54, 1.807) is 17.5 Å². The summed E-state index contributed by atoms with van der Waals surface area (Å²) in [5, 5.41) is 33.8. The number of fused-ring (bicyclic) bond motifs is 4. The smallest absolute Gasteiger partial charge is 0.319 e. The van der Waals surface area contributed by atoms with Gasteiger partial charge in [-0.2, -0.15) is 9.97 Å². The predicted molar refractivity (Wildman–Crippen MR) is 306 cm³/mol. The number of halogens is 2. The number of rotatable bonds is 16. The molecule has 2 unspecified atom stereocenters. The number of phenols is 1. The number of pyridine rings is 1. The molecule has 17 nitrogen and oxygen atoms in total. The number of anilines is 2. The highest BCUT2D eigenvalue weighted by molar-refractivity contribution is 7.13. The first-order valence-electron chi connectivity index (χ1n) is 28.3. The molecule has 5 aliphatic heterocycles. The molecule has 7 aromatic rings. The number of amides is 2. The monoisotopic (exact) mass is 1120 g/mol. The number of aliphatic hydroxyl groups is 1. The summed E-state index contributed by atoms with van der Waals surface area (Å²) in [7, 11) is 0. The normalized spacial score (nSPS) is 21.4. The first-order chi connectivity index (χ1) is 39.2. The molecule has 2 bridgehead atoms. The van der Waals surface area contributed by atoms with Crippen LogP contribution in [0.2, 0.25) is 0 Å². The van der Waals surface area contributed by atoms with Crippen LogP contribution in [0.15, 0.2) is 70.8 Å². The maximum absolute atomic E-state index is 17.1. The van der Waals surface area contributed by atoms with Gasteiger partial charge in [0.2, 0.25) is 11.8 Å². The van der Waals surface area contributed by atoms with Crippen molar-refractivity contribution in [2.45, 2.75) is 102 Å². The predicted octanol–water partition coefficient (Wildman–Crippen LogP) is 8.37. The van der Waals surface area contributed by atoms with Crippen LogP contribution in [0.3, 0.4) is 0 Å². The molecule has 0 saturated carbocycles. The van der Waals surface area contributed by atoms with Gasteiger partial charge in [-0.15, -0.1) is 17.8 Å². The third kappa shape index (κ3) is 10.9. The fourth-order valence-corrected chi connectivity index (χ4v) is 13.8. The zero-order valence-electron chi connectivity index (χ0n) is 45.9. The first kappa shape index (κ1) is 54.3. The Labute approximate surface area is 473 Å². The number of aryl methyl sites for hydroxylation is 1. The maximum atomic E-state index is 17.1.